The lowest BCUT2D eigenvalue weighted by atomic mass is 10.4. The maximum Gasteiger partial charge on any atom is 0.269 e. The molecule has 9 heteroatoms. The SMILES string of the molecule is COCCN(C)c1cnn(Cc2nnsc2Cl)c(=O)c1. The predicted octanol–water partition coefficient (Wildman–Crippen LogP) is 0.879. The molecule has 0 N–H and O–H groups in total. The number of ether oxygens (including phenoxy) is 1. The van der Waals surface area contributed by atoms with E-state index in [0.717, 1.165) is 17.2 Å². The number of rotatable bonds is 6. The molecule has 20 heavy (non-hydrogen) atoms. The molecule has 0 aliphatic heterocycles. The second kappa shape index (κ2) is 6.78. The Morgan fingerprint density at radius 3 is 2.95 bits per heavy atom. The third-order valence-corrected chi connectivity index (χ3v) is 3.72. The highest BCUT2D eigenvalue weighted by Crippen LogP contribution is 2.17. The summed E-state index contributed by atoms with van der Waals surface area (Å²) in [5, 5.41) is 7.98. The summed E-state index contributed by atoms with van der Waals surface area (Å²) in [5.41, 5.74) is 1.08. The molecule has 0 fully saturated rings. The summed E-state index contributed by atoms with van der Waals surface area (Å²) in [5.74, 6) is 0. The van der Waals surface area contributed by atoms with Crippen LogP contribution in [0.2, 0.25) is 4.34 Å². The van der Waals surface area contributed by atoms with E-state index in [1.807, 2.05) is 11.9 Å². The molecule has 2 heterocycles. The van der Waals surface area contributed by atoms with Gasteiger partial charge in [-0.1, -0.05) is 16.1 Å². The lowest BCUT2D eigenvalue weighted by Crippen LogP contribution is -2.28. The van der Waals surface area contributed by atoms with Gasteiger partial charge < -0.3 is 9.64 Å². The van der Waals surface area contributed by atoms with Crippen molar-refractivity contribution in [3.63, 3.8) is 0 Å². The van der Waals surface area contributed by atoms with Crippen LogP contribution < -0.4 is 10.5 Å². The molecule has 108 valence electrons. The number of nitrogens with zero attached hydrogens (tertiary/aromatic N) is 5. The molecule has 2 aromatic heterocycles. The zero-order valence-corrected chi connectivity index (χ0v) is 12.7. The van der Waals surface area contributed by atoms with E-state index in [0.29, 0.717) is 23.2 Å². The fraction of sp³-hybridized carbons (Fsp3) is 0.455. The summed E-state index contributed by atoms with van der Waals surface area (Å²) in [6, 6.07) is 1.52. The highest BCUT2D eigenvalue weighted by molar-refractivity contribution is 7.10. The zero-order chi connectivity index (χ0) is 14.5. The van der Waals surface area contributed by atoms with Crippen LogP contribution in [0.4, 0.5) is 5.69 Å². The summed E-state index contributed by atoms with van der Waals surface area (Å²) >= 11 is 6.99. The number of likely N-dealkylation sites (N-methyl/N-ethyl adjacent to an activating group) is 1. The zero-order valence-electron chi connectivity index (χ0n) is 11.1. The molecule has 0 aliphatic rings. The van der Waals surface area contributed by atoms with Gasteiger partial charge in [0, 0.05) is 38.3 Å². The van der Waals surface area contributed by atoms with Crippen molar-refractivity contribution >= 4 is 28.8 Å². The fourth-order valence-electron chi connectivity index (χ4n) is 1.54. The molecule has 0 saturated carbocycles. The van der Waals surface area contributed by atoms with Crippen molar-refractivity contribution in [3.05, 3.63) is 32.6 Å². The number of aromatic nitrogens is 4. The fourth-order valence-corrected chi connectivity index (χ4v) is 2.15. The first-order valence-electron chi connectivity index (χ1n) is 5.85. The molecule has 0 aliphatic carbocycles. The molecule has 0 aromatic carbocycles. The van der Waals surface area contributed by atoms with Gasteiger partial charge >= 0.3 is 0 Å². The lowest BCUT2D eigenvalue weighted by molar-refractivity contribution is 0.206. The van der Waals surface area contributed by atoms with E-state index < -0.39 is 0 Å². The van der Waals surface area contributed by atoms with Crippen LogP contribution >= 0.6 is 23.1 Å². The van der Waals surface area contributed by atoms with Crippen LogP contribution in [0.5, 0.6) is 0 Å². The van der Waals surface area contributed by atoms with Gasteiger partial charge in [-0.25, -0.2) is 4.68 Å². The van der Waals surface area contributed by atoms with Crippen molar-refractivity contribution in [2.24, 2.45) is 0 Å². The summed E-state index contributed by atoms with van der Waals surface area (Å²) in [7, 11) is 3.51. The maximum absolute atomic E-state index is 12.0. The molecule has 2 rings (SSSR count). The van der Waals surface area contributed by atoms with Crippen molar-refractivity contribution in [2.45, 2.75) is 6.54 Å². The van der Waals surface area contributed by atoms with E-state index in [4.69, 9.17) is 16.3 Å². The Bertz CT molecular complexity index is 629. The van der Waals surface area contributed by atoms with Crippen LogP contribution in [-0.4, -0.2) is 46.7 Å². The molecule has 0 saturated heterocycles. The quantitative estimate of drug-likeness (QED) is 0.788. The van der Waals surface area contributed by atoms with E-state index >= 15 is 0 Å². The van der Waals surface area contributed by atoms with Gasteiger partial charge in [0.05, 0.1) is 25.0 Å². The first-order chi connectivity index (χ1) is 9.61. The lowest BCUT2D eigenvalue weighted by Gasteiger charge is -2.18. The highest BCUT2D eigenvalue weighted by atomic mass is 35.5. The van der Waals surface area contributed by atoms with Crippen molar-refractivity contribution < 1.29 is 4.74 Å². The van der Waals surface area contributed by atoms with Crippen molar-refractivity contribution in [1.82, 2.24) is 19.4 Å². The van der Waals surface area contributed by atoms with Crippen LogP contribution in [0.3, 0.4) is 0 Å². The Morgan fingerprint density at radius 2 is 2.35 bits per heavy atom. The highest BCUT2D eigenvalue weighted by Gasteiger charge is 2.09. The minimum Gasteiger partial charge on any atom is -0.383 e. The Kier molecular flexibility index (Phi) is 5.05. The largest absolute Gasteiger partial charge is 0.383 e. The molecule has 0 bridgehead atoms. The van der Waals surface area contributed by atoms with Gasteiger partial charge in [0.15, 0.2) is 0 Å². The summed E-state index contributed by atoms with van der Waals surface area (Å²) in [6.07, 6.45) is 1.63. The molecule has 0 atom stereocenters. The molecule has 0 radical (unpaired) electrons. The van der Waals surface area contributed by atoms with E-state index in [-0.39, 0.29) is 12.1 Å². The Hall–Kier alpha value is -1.51. The molecule has 0 unspecified atom stereocenters. The Morgan fingerprint density at radius 1 is 1.55 bits per heavy atom. The standard InChI is InChI=1S/C11H14ClN5O2S/c1-16(3-4-19-2)8-5-10(18)17(13-6-8)7-9-11(12)20-15-14-9/h5-6H,3-4,7H2,1-2H3. The summed E-state index contributed by atoms with van der Waals surface area (Å²) in [6.45, 7) is 1.49. The predicted molar refractivity (Wildman–Crippen MR) is 77.7 cm³/mol. The first kappa shape index (κ1) is 14.9. The van der Waals surface area contributed by atoms with E-state index in [9.17, 15) is 4.79 Å². The van der Waals surface area contributed by atoms with Gasteiger partial charge in [-0.3, -0.25) is 4.79 Å². The van der Waals surface area contributed by atoms with Gasteiger partial charge in [-0.2, -0.15) is 5.10 Å². The summed E-state index contributed by atoms with van der Waals surface area (Å²) in [4.78, 5) is 13.9. The van der Waals surface area contributed by atoms with Crippen molar-refractivity contribution in [3.8, 4) is 0 Å². The van der Waals surface area contributed by atoms with Gasteiger partial charge in [-0.05, 0) is 0 Å². The van der Waals surface area contributed by atoms with Crippen LogP contribution in [-0.2, 0) is 11.3 Å². The van der Waals surface area contributed by atoms with Crippen LogP contribution in [0.15, 0.2) is 17.1 Å². The van der Waals surface area contributed by atoms with E-state index in [1.54, 1.807) is 13.3 Å². The first-order valence-corrected chi connectivity index (χ1v) is 7.01. The number of hydrogen-bond acceptors (Lipinski definition) is 7. The third-order valence-electron chi connectivity index (χ3n) is 2.74. The van der Waals surface area contributed by atoms with Gasteiger partial charge in [0.2, 0.25) is 0 Å². The van der Waals surface area contributed by atoms with Crippen molar-refractivity contribution in [1.29, 1.82) is 0 Å². The second-order valence-corrected chi connectivity index (χ2v) is 5.47. The smallest absolute Gasteiger partial charge is 0.269 e. The molecular weight excluding hydrogens is 302 g/mol. The number of halogens is 1. The van der Waals surface area contributed by atoms with Gasteiger partial charge in [0.25, 0.3) is 5.56 Å². The molecule has 7 nitrogen and oxygen atoms in total. The third kappa shape index (κ3) is 3.53. The Balaban J connectivity index is 2.14. The topological polar surface area (TPSA) is 73.1 Å². The molecule has 2 aromatic rings. The van der Waals surface area contributed by atoms with Crippen molar-refractivity contribution in [2.75, 3.05) is 32.2 Å². The normalized spacial score (nSPS) is 10.8. The van der Waals surface area contributed by atoms with Gasteiger partial charge in [-0.15, -0.1) is 5.10 Å². The monoisotopic (exact) mass is 315 g/mol. The average molecular weight is 316 g/mol. The number of methoxy groups -OCH3 is 1. The van der Waals surface area contributed by atoms with Crippen LogP contribution in [0.25, 0.3) is 0 Å². The minimum atomic E-state index is -0.212. The molecule has 0 spiro atoms. The number of anilines is 1. The summed E-state index contributed by atoms with van der Waals surface area (Å²) < 4.78 is 10.5. The van der Waals surface area contributed by atoms with Crippen LogP contribution in [0, 0.1) is 0 Å². The molecular formula is C11H14ClN5O2S. The average Bonchev–Trinajstić information content (AvgIpc) is 2.84. The Labute approximate surface area is 124 Å². The minimum absolute atomic E-state index is 0.212. The van der Waals surface area contributed by atoms with Crippen LogP contribution in [0.1, 0.15) is 5.69 Å². The van der Waals surface area contributed by atoms with Gasteiger partial charge in [0.1, 0.15) is 10.0 Å². The second-order valence-electron chi connectivity index (χ2n) is 4.12. The molecule has 0 amide bonds. The maximum atomic E-state index is 12.0. The van der Waals surface area contributed by atoms with E-state index in [2.05, 4.69) is 14.7 Å². The number of hydrogen-bond donors (Lipinski definition) is 0. The van der Waals surface area contributed by atoms with E-state index in [1.165, 1.54) is 10.7 Å².